The van der Waals surface area contributed by atoms with Crippen molar-refractivity contribution < 1.29 is 8.42 Å². The average Bonchev–Trinajstić information content (AvgIpc) is 2.33. The molecule has 0 aliphatic carbocycles. The number of hydrogen-bond donors (Lipinski definition) is 2. The normalized spacial score (nSPS) is 13.4. The lowest BCUT2D eigenvalue weighted by atomic mass is 10.1. The Bertz CT molecular complexity index is 553. The van der Waals surface area contributed by atoms with Crippen LogP contribution in [0.25, 0.3) is 0 Å². The van der Waals surface area contributed by atoms with E-state index in [9.17, 15) is 8.42 Å². The first-order valence-electron chi connectivity index (χ1n) is 7.08. The van der Waals surface area contributed by atoms with E-state index in [-0.39, 0.29) is 6.04 Å². The third-order valence-corrected chi connectivity index (χ3v) is 5.14. The van der Waals surface area contributed by atoms with Crippen molar-refractivity contribution in [3.63, 3.8) is 0 Å². The molecule has 1 rings (SSSR count). The molecule has 0 bridgehead atoms. The van der Waals surface area contributed by atoms with Gasteiger partial charge in [-0.1, -0.05) is 19.4 Å². The highest BCUT2D eigenvalue weighted by Crippen LogP contribution is 2.21. The van der Waals surface area contributed by atoms with Gasteiger partial charge in [0.1, 0.15) is 0 Å². The van der Waals surface area contributed by atoms with Crippen molar-refractivity contribution in [3.05, 3.63) is 28.8 Å². The van der Waals surface area contributed by atoms with Crippen molar-refractivity contribution in [2.24, 2.45) is 0 Å². The molecular weight excluding hydrogens is 272 g/mol. The minimum absolute atomic E-state index is 0.0438. The summed E-state index contributed by atoms with van der Waals surface area (Å²) in [6, 6.07) is 3.75. The Morgan fingerprint density at radius 3 is 2.45 bits per heavy atom. The molecule has 0 saturated heterocycles. The van der Waals surface area contributed by atoms with Crippen LogP contribution in [0.2, 0.25) is 0 Å². The fourth-order valence-electron chi connectivity index (χ4n) is 2.30. The molecule has 0 aliphatic heterocycles. The summed E-state index contributed by atoms with van der Waals surface area (Å²) in [4.78, 5) is 0.394. The van der Waals surface area contributed by atoms with Gasteiger partial charge in [0, 0.05) is 12.6 Å². The molecule has 114 valence electrons. The van der Waals surface area contributed by atoms with Crippen LogP contribution in [0, 0.1) is 13.8 Å². The van der Waals surface area contributed by atoms with Gasteiger partial charge in [0.05, 0.1) is 4.90 Å². The van der Waals surface area contributed by atoms with E-state index in [4.69, 9.17) is 0 Å². The summed E-state index contributed by atoms with van der Waals surface area (Å²) in [6.07, 6.45) is 1.80. The summed E-state index contributed by atoms with van der Waals surface area (Å²) < 4.78 is 27.8. The molecule has 2 N–H and O–H groups in total. The van der Waals surface area contributed by atoms with Crippen LogP contribution in [0.15, 0.2) is 17.0 Å². The maximum absolute atomic E-state index is 12.5. The fourth-order valence-corrected chi connectivity index (χ4v) is 3.95. The molecule has 0 radical (unpaired) electrons. The molecule has 0 fully saturated rings. The highest BCUT2D eigenvalue weighted by molar-refractivity contribution is 7.89. The zero-order valence-electron chi connectivity index (χ0n) is 13.1. The van der Waals surface area contributed by atoms with Crippen molar-refractivity contribution >= 4 is 10.0 Å². The van der Waals surface area contributed by atoms with E-state index in [1.807, 2.05) is 40.8 Å². The standard InChI is InChI=1S/C15H26N2O2S/c1-6-7-12(3)17-20(18,19)15-9-14(10-16-5)8-11(2)13(15)4/h8-9,12,16-17H,6-7,10H2,1-5H3. The summed E-state index contributed by atoms with van der Waals surface area (Å²) in [6.45, 7) is 8.42. The Kier molecular flexibility index (Phi) is 6.17. The molecule has 20 heavy (non-hydrogen) atoms. The second kappa shape index (κ2) is 7.20. The molecule has 5 heteroatoms. The minimum Gasteiger partial charge on any atom is -0.316 e. The van der Waals surface area contributed by atoms with Crippen LogP contribution >= 0.6 is 0 Å². The smallest absolute Gasteiger partial charge is 0.241 e. The number of hydrogen-bond acceptors (Lipinski definition) is 3. The summed E-state index contributed by atoms with van der Waals surface area (Å²) in [5, 5.41) is 3.06. The molecule has 0 saturated carbocycles. The largest absolute Gasteiger partial charge is 0.316 e. The van der Waals surface area contributed by atoms with E-state index in [1.54, 1.807) is 6.07 Å². The third-order valence-electron chi connectivity index (χ3n) is 3.43. The first-order valence-corrected chi connectivity index (χ1v) is 8.57. The predicted octanol–water partition coefficient (Wildman–Crippen LogP) is 2.49. The van der Waals surface area contributed by atoms with Crippen LogP contribution in [0.3, 0.4) is 0 Å². The molecule has 0 aliphatic rings. The van der Waals surface area contributed by atoms with Gasteiger partial charge in [0.2, 0.25) is 10.0 Å². The van der Waals surface area contributed by atoms with Crippen molar-refractivity contribution in [2.75, 3.05) is 7.05 Å². The van der Waals surface area contributed by atoms with Gasteiger partial charge in [0.25, 0.3) is 0 Å². The number of aryl methyl sites for hydroxylation is 1. The lowest BCUT2D eigenvalue weighted by Gasteiger charge is -2.17. The molecule has 0 amide bonds. The zero-order valence-corrected chi connectivity index (χ0v) is 13.9. The summed E-state index contributed by atoms with van der Waals surface area (Å²) in [5.41, 5.74) is 2.81. The third kappa shape index (κ3) is 4.30. The molecule has 1 unspecified atom stereocenters. The van der Waals surface area contributed by atoms with Crippen LogP contribution < -0.4 is 10.0 Å². The first-order chi connectivity index (χ1) is 9.31. The topological polar surface area (TPSA) is 58.2 Å². The van der Waals surface area contributed by atoms with Crippen molar-refractivity contribution in [2.45, 2.75) is 58.0 Å². The van der Waals surface area contributed by atoms with Gasteiger partial charge >= 0.3 is 0 Å². The van der Waals surface area contributed by atoms with Gasteiger partial charge in [-0.2, -0.15) is 0 Å². The Hall–Kier alpha value is -0.910. The Labute approximate surface area is 123 Å². The fraction of sp³-hybridized carbons (Fsp3) is 0.600. The molecule has 0 spiro atoms. The van der Waals surface area contributed by atoms with Crippen molar-refractivity contribution in [1.29, 1.82) is 0 Å². The second-order valence-electron chi connectivity index (χ2n) is 5.38. The molecule has 1 aromatic rings. The van der Waals surface area contributed by atoms with Crippen molar-refractivity contribution in [3.8, 4) is 0 Å². The SMILES string of the molecule is CCCC(C)NS(=O)(=O)c1cc(CNC)cc(C)c1C. The molecule has 1 aromatic carbocycles. The molecule has 0 aromatic heterocycles. The number of nitrogens with one attached hydrogen (secondary N) is 2. The quantitative estimate of drug-likeness (QED) is 0.813. The number of sulfonamides is 1. The summed E-state index contributed by atoms with van der Waals surface area (Å²) in [7, 11) is -1.60. The Balaban J connectivity index is 3.16. The number of benzene rings is 1. The van der Waals surface area contributed by atoms with Gasteiger partial charge in [-0.05, 0) is 57.0 Å². The van der Waals surface area contributed by atoms with Gasteiger partial charge in [-0.3, -0.25) is 0 Å². The van der Waals surface area contributed by atoms with Gasteiger partial charge < -0.3 is 5.32 Å². The van der Waals surface area contributed by atoms with E-state index in [1.165, 1.54) is 0 Å². The van der Waals surface area contributed by atoms with E-state index in [0.717, 1.165) is 29.5 Å². The summed E-state index contributed by atoms with van der Waals surface area (Å²) in [5.74, 6) is 0. The van der Waals surface area contributed by atoms with Crippen LogP contribution in [0.5, 0.6) is 0 Å². The van der Waals surface area contributed by atoms with E-state index >= 15 is 0 Å². The summed E-state index contributed by atoms with van der Waals surface area (Å²) >= 11 is 0. The zero-order chi connectivity index (χ0) is 15.3. The molecule has 0 heterocycles. The molecular formula is C15H26N2O2S. The Morgan fingerprint density at radius 2 is 1.90 bits per heavy atom. The number of rotatable bonds is 7. The van der Waals surface area contributed by atoms with Crippen LogP contribution in [0.4, 0.5) is 0 Å². The van der Waals surface area contributed by atoms with Gasteiger partial charge in [0.15, 0.2) is 0 Å². The lowest BCUT2D eigenvalue weighted by Crippen LogP contribution is -2.33. The van der Waals surface area contributed by atoms with E-state index < -0.39 is 10.0 Å². The van der Waals surface area contributed by atoms with Crippen molar-refractivity contribution in [1.82, 2.24) is 10.0 Å². The molecule has 1 atom stereocenters. The van der Waals surface area contributed by atoms with Gasteiger partial charge in [-0.25, -0.2) is 13.1 Å². The van der Waals surface area contributed by atoms with Crippen LogP contribution in [-0.4, -0.2) is 21.5 Å². The monoisotopic (exact) mass is 298 g/mol. The first kappa shape index (κ1) is 17.1. The molecule has 4 nitrogen and oxygen atoms in total. The maximum atomic E-state index is 12.5. The van der Waals surface area contributed by atoms with Crippen LogP contribution in [-0.2, 0) is 16.6 Å². The Morgan fingerprint density at radius 1 is 1.25 bits per heavy atom. The van der Waals surface area contributed by atoms with E-state index in [2.05, 4.69) is 10.0 Å². The average molecular weight is 298 g/mol. The minimum atomic E-state index is -3.45. The van der Waals surface area contributed by atoms with Crippen LogP contribution in [0.1, 0.15) is 43.4 Å². The second-order valence-corrected chi connectivity index (χ2v) is 7.06. The highest BCUT2D eigenvalue weighted by atomic mass is 32.2. The van der Waals surface area contributed by atoms with Gasteiger partial charge in [-0.15, -0.1) is 0 Å². The lowest BCUT2D eigenvalue weighted by molar-refractivity contribution is 0.543. The van der Waals surface area contributed by atoms with E-state index in [0.29, 0.717) is 11.4 Å². The predicted molar refractivity (Wildman–Crippen MR) is 83.4 cm³/mol. The highest BCUT2D eigenvalue weighted by Gasteiger charge is 2.20. The maximum Gasteiger partial charge on any atom is 0.241 e.